The van der Waals surface area contributed by atoms with Gasteiger partial charge in [0.2, 0.25) is 0 Å². The summed E-state index contributed by atoms with van der Waals surface area (Å²) in [4.78, 5) is 0.105. The van der Waals surface area contributed by atoms with Crippen LogP contribution < -0.4 is 10.5 Å². The molecule has 3 N–H and O–H groups in total. The van der Waals surface area contributed by atoms with Crippen LogP contribution in [0.2, 0.25) is 0 Å². The molecule has 2 aromatic rings. The van der Waals surface area contributed by atoms with Crippen LogP contribution in [-0.2, 0) is 10.0 Å². The largest absolute Gasteiger partial charge is 0.398 e. The highest BCUT2D eigenvalue weighted by Gasteiger charge is 2.18. The zero-order chi connectivity index (χ0) is 14.2. The van der Waals surface area contributed by atoms with Gasteiger partial charge in [0.25, 0.3) is 10.0 Å². The number of nitrogens with one attached hydrogen (secondary N) is 1. The third-order valence-electron chi connectivity index (χ3n) is 2.86. The van der Waals surface area contributed by atoms with Crippen LogP contribution in [0.1, 0.15) is 16.9 Å². The predicted molar refractivity (Wildman–Crippen MR) is 72.4 cm³/mol. The van der Waals surface area contributed by atoms with E-state index in [0.29, 0.717) is 11.4 Å². The molecule has 0 radical (unpaired) electrons. The molecule has 1 aromatic carbocycles. The van der Waals surface area contributed by atoms with Crippen LogP contribution in [0.25, 0.3) is 0 Å². The highest BCUT2D eigenvalue weighted by molar-refractivity contribution is 7.92. The van der Waals surface area contributed by atoms with Gasteiger partial charge in [-0.2, -0.15) is 0 Å². The minimum atomic E-state index is -3.71. The molecule has 0 saturated heterocycles. The lowest BCUT2D eigenvalue weighted by Crippen LogP contribution is -2.14. The number of sulfonamides is 1. The molecule has 0 aliphatic rings. The number of aryl methyl sites for hydroxylation is 2. The fourth-order valence-corrected chi connectivity index (χ4v) is 2.72. The number of anilines is 2. The van der Waals surface area contributed by atoms with Gasteiger partial charge in [0, 0.05) is 11.8 Å². The smallest absolute Gasteiger partial charge is 0.263 e. The lowest BCUT2D eigenvalue weighted by molar-refractivity contribution is 0.400. The summed E-state index contributed by atoms with van der Waals surface area (Å²) in [5, 5.41) is 3.59. The van der Waals surface area contributed by atoms with Gasteiger partial charge in [0.15, 0.2) is 5.82 Å². The van der Waals surface area contributed by atoms with E-state index in [9.17, 15) is 8.42 Å². The molecular formula is C12H15N3O3S. The number of nitrogens with zero attached hydrogens (tertiary/aromatic N) is 1. The van der Waals surface area contributed by atoms with E-state index in [1.54, 1.807) is 13.0 Å². The second-order valence-corrected chi connectivity index (χ2v) is 6.07. The van der Waals surface area contributed by atoms with Crippen LogP contribution in [0, 0.1) is 20.8 Å². The van der Waals surface area contributed by atoms with Crippen molar-refractivity contribution in [3.63, 3.8) is 0 Å². The molecule has 0 amide bonds. The quantitative estimate of drug-likeness (QED) is 0.838. The van der Waals surface area contributed by atoms with E-state index >= 15 is 0 Å². The average Bonchev–Trinajstić information content (AvgIpc) is 2.70. The van der Waals surface area contributed by atoms with Crippen LogP contribution in [0.15, 0.2) is 27.6 Å². The van der Waals surface area contributed by atoms with Crippen LogP contribution in [0.5, 0.6) is 0 Å². The van der Waals surface area contributed by atoms with E-state index in [1.165, 1.54) is 12.1 Å². The van der Waals surface area contributed by atoms with Crippen molar-refractivity contribution in [2.75, 3.05) is 10.5 Å². The Morgan fingerprint density at radius 1 is 1.21 bits per heavy atom. The average molecular weight is 281 g/mol. The first-order valence-corrected chi connectivity index (χ1v) is 7.11. The molecule has 0 unspecified atom stereocenters. The van der Waals surface area contributed by atoms with Crippen LogP contribution in [0.3, 0.4) is 0 Å². The molecule has 1 aromatic heterocycles. The van der Waals surface area contributed by atoms with Crippen molar-refractivity contribution < 1.29 is 12.9 Å². The Morgan fingerprint density at radius 2 is 1.89 bits per heavy atom. The Morgan fingerprint density at radius 3 is 2.42 bits per heavy atom. The highest BCUT2D eigenvalue weighted by atomic mass is 32.2. The molecule has 0 fully saturated rings. The summed E-state index contributed by atoms with van der Waals surface area (Å²) in [5.74, 6) is 0.673. The highest BCUT2D eigenvalue weighted by Crippen LogP contribution is 2.23. The van der Waals surface area contributed by atoms with Gasteiger partial charge in [-0.25, -0.2) is 8.42 Å². The van der Waals surface area contributed by atoms with Crippen molar-refractivity contribution in [1.29, 1.82) is 0 Å². The Kier molecular flexibility index (Phi) is 3.23. The van der Waals surface area contributed by atoms with Crippen molar-refractivity contribution >= 4 is 21.5 Å². The molecule has 0 atom stereocenters. The molecule has 6 nitrogen and oxygen atoms in total. The zero-order valence-electron chi connectivity index (χ0n) is 10.9. The van der Waals surface area contributed by atoms with Gasteiger partial charge in [0.1, 0.15) is 5.76 Å². The monoisotopic (exact) mass is 281 g/mol. The van der Waals surface area contributed by atoms with Crippen molar-refractivity contribution in [2.45, 2.75) is 25.7 Å². The van der Waals surface area contributed by atoms with Crippen molar-refractivity contribution in [1.82, 2.24) is 5.16 Å². The van der Waals surface area contributed by atoms with Gasteiger partial charge in [-0.3, -0.25) is 4.72 Å². The van der Waals surface area contributed by atoms with Crippen LogP contribution in [-0.4, -0.2) is 13.6 Å². The topological polar surface area (TPSA) is 98.2 Å². The first-order chi connectivity index (χ1) is 8.79. The molecule has 1 heterocycles. The Labute approximate surface area is 111 Å². The molecule has 0 aliphatic carbocycles. The van der Waals surface area contributed by atoms with E-state index in [1.807, 2.05) is 13.8 Å². The zero-order valence-corrected chi connectivity index (χ0v) is 11.7. The number of nitrogen functional groups attached to an aromatic ring is 1. The standard InChI is InChI=1S/C12H15N3O3S/c1-7-4-10(6-11(13)9(7)3)19(16,17)15-12-5-8(2)18-14-12/h4-6H,13H2,1-3H3,(H,14,15). The van der Waals surface area contributed by atoms with Gasteiger partial charge in [-0.05, 0) is 44.0 Å². The summed E-state index contributed by atoms with van der Waals surface area (Å²) in [6, 6.07) is 4.50. The Bertz CT molecular complexity index is 697. The predicted octanol–water partition coefficient (Wildman–Crippen LogP) is 1.98. The molecule has 19 heavy (non-hydrogen) atoms. The summed E-state index contributed by atoms with van der Waals surface area (Å²) in [6.45, 7) is 5.33. The fraction of sp³-hybridized carbons (Fsp3) is 0.250. The van der Waals surface area contributed by atoms with Crippen molar-refractivity contribution in [3.05, 3.63) is 35.1 Å². The Hall–Kier alpha value is -2.02. The van der Waals surface area contributed by atoms with E-state index in [-0.39, 0.29) is 10.7 Å². The maximum absolute atomic E-state index is 12.2. The number of nitrogens with two attached hydrogens (primary N) is 1. The van der Waals surface area contributed by atoms with E-state index < -0.39 is 10.0 Å². The number of benzene rings is 1. The summed E-state index contributed by atoms with van der Waals surface area (Å²) in [7, 11) is -3.71. The van der Waals surface area contributed by atoms with Gasteiger partial charge in [-0.15, -0.1) is 0 Å². The third-order valence-corrected chi connectivity index (χ3v) is 4.19. The molecule has 0 saturated carbocycles. The van der Waals surface area contributed by atoms with Crippen LogP contribution in [0.4, 0.5) is 11.5 Å². The van der Waals surface area contributed by atoms with E-state index in [4.69, 9.17) is 10.3 Å². The number of rotatable bonds is 3. The second kappa shape index (κ2) is 4.58. The molecular weight excluding hydrogens is 266 g/mol. The first kappa shape index (κ1) is 13.4. The lowest BCUT2D eigenvalue weighted by Gasteiger charge is -2.09. The summed E-state index contributed by atoms with van der Waals surface area (Å²) in [6.07, 6.45) is 0. The SMILES string of the molecule is Cc1cc(NS(=O)(=O)c2cc(C)c(C)c(N)c2)no1. The summed E-state index contributed by atoms with van der Waals surface area (Å²) < 4.78 is 31.5. The number of aromatic nitrogens is 1. The lowest BCUT2D eigenvalue weighted by atomic mass is 10.1. The molecule has 0 spiro atoms. The van der Waals surface area contributed by atoms with Crippen LogP contribution >= 0.6 is 0 Å². The fourth-order valence-electron chi connectivity index (χ4n) is 1.62. The normalized spacial score (nSPS) is 11.5. The summed E-state index contributed by atoms with van der Waals surface area (Å²) >= 11 is 0. The Balaban J connectivity index is 2.40. The maximum Gasteiger partial charge on any atom is 0.263 e. The van der Waals surface area contributed by atoms with Crippen molar-refractivity contribution in [3.8, 4) is 0 Å². The van der Waals surface area contributed by atoms with Gasteiger partial charge in [0.05, 0.1) is 4.90 Å². The molecule has 2 rings (SSSR count). The molecule has 0 bridgehead atoms. The third kappa shape index (κ3) is 2.70. The molecule has 7 heteroatoms. The van der Waals surface area contributed by atoms with Crippen molar-refractivity contribution in [2.24, 2.45) is 0 Å². The first-order valence-electron chi connectivity index (χ1n) is 5.62. The molecule has 102 valence electrons. The molecule has 0 aliphatic heterocycles. The minimum Gasteiger partial charge on any atom is -0.398 e. The van der Waals surface area contributed by atoms with Gasteiger partial charge in [-0.1, -0.05) is 5.16 Å². The summed E-state index contributed by atoms with van der Waals surface area (Å²) in [5.41, 5.74) is 7.92. The van der Waals surface area contributed by atoms with Gasteiger partial charge < -0.3 is 10.3 Å². The van der Waals surface area contributed by atoms with E-state index in [2.05, 4.69) is 9.88 Å². The maximum atomic E-state index is 12.2. The minimum absolute atomic E-state index is 0.105. The van der Waals surface area contributed by atoms with Gasteiger partial charge >= 0.3 is 0 Å². The van der Waals surface area contributed by atoms with E-state index in [0.717, 1.165) is 11.1 Å². The number of hydrogen-bond donors (Lipinski definition) is 2. The second-order valence-electron chi connectivity index (χ2n) is 4.38. The number of hydrogen-bond acceptors (Lipinski definition) is 5.